The monoisotopic (exact) mass is 423 g/mol. The Morgan fingerprint density at radius 1 is 0.844 bits per heavy atom. The van der Waals surface area contributed by atoms with Gasteiger partial charge in [0.05, 0.1) is 12.1 Å². The van der Waals surface area contributed by atoms with Crippen LogP contribution >= 0.6 is 0 Å². The Hall–Kier alpha value is -4.26. The number of nitrogens with one attached hydrogen (secondary N) is 1. The van der Waals surface area contributed by atoms with E-state index in [0.29, 0.717) is 24.1 Å². The molecule has 0 atom stereocenters. The van der Waals surface area contributed by atoms with Crippen LogP contribution in [0.25, 0.3) is 34.1 Å². The second-order valence-corrected chi connectivity index (χ2v) is 7.27. The van der Waals surface area contributed by atoms with Gasteiger partial charge in [-0.25, -0.2) is 9.97 Å². The molecule has 2 aromatic heterocycles. The summed E-state index contributed by atoms with van der Waals surface area (Å²) in [6.45, 7) is 4.62. The molecule has 2 heterocycles. The van der Waals surface area contributed by atoms with Crippen molar-refractivity contribution >= 4 is 22.4 Å². The fourth-order valence-electron chi connectivity index (χ4n) is 3.33. The molecule has 5 aromatic rings. The van der Waals surface area contributed by atoms with Crippen molar-refractivity contribution in [3.05, 3.63) is 78.4 Å². The molecule has 0 unspecified atom stereocenters. The van der Waals surface area contributed by atoms with Crippen molar-refractivity contribution in [3.8, 4) is 28.9 Å². The number of nitrogens with zero attached hydrogens (tertiary/aromatic N) is 4. The van der Waals surface area contributed by atoms with E-state index in [1.807, 2.05) is 86.6 Å². The Balaban J connectivity index is 1.51. The van der Waals surface area contributed by atoms with E-state index in [9.17, 15) is 0 Å². The largest absolute Gasteiger partial charge is 0.494 e. The number of hydrogen-bond donors (Lipinski definition) is 1. The molecule has 1 N–H and O–H groups in total. The maximum atomic E-state index is 5.90. The Labute approximate surface area is 185 Å². The molecule has 0 aliphatic rings. The van der Waals surface area contributed by atoms with E-state index in [-0.39, 0.29) is 5.89 Å². The van der Waals surface area contributed by atoms with Gasteiger partial charge in [-0.15, -0.1) is 10.2 Å². The fourth-order valence-corrected chi connectivity index (χ4v) is 3.33. The first kappa shape index (κ1) is 19.7. The maximum Gasteiger partial charge on any atom is 0.286 e. The molecular weight excluding hydrogens is 402 g/mol. The summed E-state index contributed by atoms with van der Waals surface area (Å²) < 4.78 is 11.4. The Bertz CT molecular complexity index is 1360. The van der Waals surface area contributed by atoms with E-state index in [4.69, 9.17) is 14.1 Å². The van der Waals surface area contributed by atoms with Crippen LogP contribution in [0.5, 0.6) is 5.75 Å². The van der Waals surface area contributed by atoms with Gasteiger partial charge in [0.1, 0.15) is 11.6 Å². The number of rotatable bonds is 6. The second kappa shape index (κ2) is 8.47. The van der Waals surface area contributed by atoms with Crippen LogP contribution in [0.15, 0.2) is 77.2 Å². The lowest BCUT2D eigenvalue weighted by Gasteiger charge is -2.10. The Morgan fingerprint density at radius 2 is 1.59 bits per heavy atom. The third-order valence-corrected chi connectivity index (χ3v) is 4.95. The smallest absolute Gasteiger partial charge is 0.286 e. The molecule has 32 heavy (non-hydrogen) atoms. The first-order valence-electron chi connectivity index (χ1n) is 10.4. The molecule has 0 spiro atoms. The van der Waals surface area contributed by atoms with Crippen LogP contribution in [-0.4, -0.2) is 26.8 Å². The molecule has 0 radical (unpaired) electrons. The van der Waals surface area contributed by atoms with Crippen LogP contribution in [0.4, 0.5) is 11.5 Å². The number of hydrogen-bond acceptors (Lipinski definition) is 7. The molecule has 158 valence electrons. The van der Waals surface area contributed by atoms with Gasteiger partial charge in [-0.1, -0.05) is 29.8 Å². The second-order valence-electron chi connectivity index (χ2n) is 7.27. The van der Waals surface area contributed by atoms with E-state index in [0.717, 1.165) is 33.5 Å². The maximum absolute atomic E-state index is 5.90. The number of benzene rings is 3. The zero-order valence-electron chi connectivity index (χ0n) is 17.7. The van der Waals surface area contributed by atoms with Gasteiger partial charge in [0.25, 0.3) is 5.89 Å². The zero-order chi connectivity index (χ0) is 21.9. The molecule has 7 heteroatoms. The number of para-hydroxylation sites is 1. The van der Waals surface area contributed by atoms with Gasteiger partial charge < -0.3 is 14.5 Å². The van der Waals surface area contributed by atoms with E-state index >= 15 is 0 Å². The van der Waals surface area contributed by atoms with E-state index in [1.54, 1.807) is 0 Å². The van der Waals surface area contributed by atoms with Crippen LogP contribution in [-0.2, 0) is 0 Å². The lowest BCUT2D eigenvalue weighted by molar-refractivity contribution is 0.340. The molecule has 0 aliphatic carbocycles. The van der Waals surface area contributed by atoms with Gasteiger partial charge in [0.2, 0.25) is 11.7 Å². The van der Waals surface area contributed by atoms with Crippen LogP contribution in [0.2, 0.25) is 0 Å². The van der Waals surface area contributed by atoms with Crippen molar-refractivity contribution in [2.45, 2.75) is 13.8 Å². The number of ether oxygens (including phenoxy) is 1. The predicted molar refractivity (Wildman–Crippen MR) is 124 cm³/mol. The minimum absolute atomic E-state index is 0.265. The highest BCUT2D eigenvalue weighted by Crippen LogP contribution is 2.29. The Kier molecular flexibility index (Phi) is 5.21. The molecule has 5 rings (SSSR count). The van der Waals surface area contributed by atoms with Crippen LogP contribution in [0.1, 0.15) is 12.5 Å². The van der Waals surface area contributed by atoms with Crippen molar-refractivity contribution in [2.24, 2.45) is 0 Å². The number of anilines is 2. The summed E-state index contributed by atoms with van der Waals surface area (Å²) >= 11 is 0. The van der Waals surface area contributed by atoms with Crippen molar-refractivity contribution in [1.82, 2.24) is 20.2 Å². The topological polar surface area (TPSA) is 86.0 Å². The molecule has 0 saturated carbocycles. The summed E-state index contributed by atoms with van der Waals surface area (Å²) in [6, 6.07) is 23.4. The number of fused-ring (bicyclic) bond motifs is 1. The van der Waals surface area contributed by atoms with Gasteiger partial charge in [-0.2, -0.15) is 0 Å². The fraction of sp³-hybridized carbons (Fsp3) is 0.120. The lowest BCUT2D eigenvalue weighted by atomic mass is 10.1. The quantitative estimate of drug-likeness (QED) is 0.369. The molecule has 3 aromatic carbocycles. The summed E-state index contributed by atoms with van der Waals surface area (Å²) in [4.78, 5) is 9.34. The summed E-state index contributed by atoms with van der Waals surface area (Å²) in [6.07, 6.45) is 0. The number of aromatic nitrogens is 4. The van der Waals surface area contributed by atoms with Gasteiger partial charge >= 0.3 is 0 Å². The predicted octanol–water partition coefficient (Wildman–Crippen LogP) is 5.80. The average molecular weight is 423 g/mol. The molecule has 0 fully saturated rings. The minimum Gasteiger partial charge on any atom is -0.494 e. The highest BCUT2D eigenvalue weighted by atomic mass is 16.5. The van der Waals surface area contributed by atoms with Crippen LogP contribution in [0.3, 0.4) is 0 Å². The highest BCUT2D eigenvalue weighted by Gasteiger charge is 2.16. The number of aryl methyl sites for hydroxylation is 1. The molecule has 0 aliphatic heterocycles. The normalized spacial score (nSPS) is 10.9. The highest BCUT2D eigenvalue weighted by molar-refractivity contribution is 5.91. The summed E-state index contributed by atoms with van der Waals surface area (Å²) in [5.74, 6) is 2.53. The SMILES string of the molecule is CCOc1ccc(Nc2nc(-c3nnc(-c4ccc(C)cc4)o3)nc3ccccc23)cc1. The van der Waals surface area contributed by atoms with Crippen LogP contribution in [0, 0.1) is 6.92 Å². The lowest BCUT2D eigenvalue weighted by Crippen LogP contribution is -2.00. The summed E-state index contributed by atoms with van der Waals surface area (Å²) in [5.41, 5.74) is 3.68. The van der Waals surface area contributed by atoms with E-state index in [1.165, 1.54) is 0 Å². The first-order chi connectivity index (χ1) is 15.7. The van der Waals surface area contributed by atoms with Gasteiger partial charge in [-0.3, -0.25) is 0 Å². The van der Waals surface area contributed by atoms with Crippen LogP contribution < -0.4 is 10.1 Å². The van der Waals surface area contributed by atoms with Crippen molar-refractivity contribution < 1.29 is 9.15 Å². The van der Waals surface area contributed by atoms with Gasteiger partial charge in [0, 0.05) is 16.6 Å². The van der Waals surface area contributed by atoms with Crippen molar-refractivity contribution in [1.29, 1.82) is 0 Å². The molecule has 0 saturated heterocycles. The molecule has 0 bridgehead atoms. The standard InChI is InChI=1S/C25H21N5O2/c1-3-31-19-14-12-18(13-15-19)26-22-20-6-4-5-7-21(20)27-23(28-22)25-30-29-24(32-25)17-10-8-16(2)9-11-17/h4-15H,3H2,1-2H3,(H,26,27,28). The molecule has 0 amide bonds. The summed E-state index contributed by atoms with van der Waals surface area (Å²) in [5, 5.41) is 12.6. The average Bonchev–Trinajstić information content (AvgIpc) is 3.31. The third-order valence-electron chi connectivity index (χ3n) is 4.95. The minimum atomic E-state index is 0.265. The molecule has 7 nitrogen and oxygen atoms in total. The first-order valence-corrected chi connectivity index (χ1v) is 10.4. The van der Waals surface area contributed by atoms with Crippen molar-refractivity contribution in [2.75, 3.05) is 11.9 Å². The Morgan fingerprint density at radius 3 is 2.38 bits per heavy atom. The zero-order valence-corrected chi connectivity index (χ0v) is 17.7. The van der Waals surface area contributed by atoms with Gasteiger partial charge in [-0.05, 0) is 62.4 Å². The van der Waals surface area contributed by atoms with E-state index in [2.05, 4.69) is 20.5 Å². The molecular formula is C25H21N5O2. The van der Waals surface area contributed by atoms with Crippen molar-refractivity contribution in [3.63, 3.8) is 0 Å². The summed E-state index contributed by atoms with van der Waals surface area (Å²) in [7, 11) is 0. The van der Waals surface area contributed by atoms with Gasteiger partial charge in [0.15, 0.2) is 0 Å². The third kappa shape index (κ3) is 4.00. The van der Waals surface area contributed by atoms with E-state index < -0.39 is 0 Å².